The molecule has 2 aliphatic rings. The smallest absolute Gasteiger partial charge is 0.397 e. The number of carbonyl (C=O) groups excluding carboxylic acids is 3. The third-order valence-corrected chi connectivity index (χ3v) is 3.83. The highest BCUT2D eigenvalue weighted by Gasteiger charge is 2.23. The van der Waals surface area contributed by atoms with Crippen molar-refractivity contribution in [3.63, 3.8) is 0 Å². The molecule has 106 valence electrons. The minimum Gasteiger partial charge on any atom is -0.459 e. The fourth-order valence-corrected chi connectivity index (χ4v) is 2.99. The van der Waals surface area contributed by atoms with Gasteiger partial charge in [-0.3, -0.25) is 14.9 Å². The standard InChI is InChI=1S/C14H10N2O4S/c1-2-20-13(19)12(18)16-14-15-11-9(21-14)6-7-4-3-5-8(17)10(7)11/h3-6H,2H2,1H3,(H,15,16,18). The molecule has 0 aromatic carbocycles. The van der Waals surface area contributed by atoms with E-state index in [4.69, 9.17) is 0 Å². The first-order valence-electron chi connectivity index (χ1n) is 6.24. The van der Waals surface area contributed by atoms with Crippen LogP contribution in [-0.4, -0.2) is 29.3 Å². The van der Waals surface area contributed by atoms with Crippen molar-refractivity contribution in [2.45, 2.75) is 6.92 Å². The Kier molecular flexibility index (Phi) is 3.26. The lowest BCUT2D eigenvalue weighted by molar-refractivity contribution is -0.152. The predicted octanol–water partition coefficient (Wildman–Crippen LogP) is -0.345. The third-order valence-electron chi connectivity index (χ3n) is 2.92. The van der Waals surface area contributed by atoms with Crippen LogP contribution < -0.4 is 15.2 Å². The molecule has 1 heterocycles. The zero-order chi connectivity index (χ0) is 15.0. The first-order chi connectivity index (χ1) is 10.1. The van der Waals surface area contributed by atoms with Crippen LogP contribution in [0.2, 0.25) is 0 Å². The molecule has 1 amide bonds. The molecule has 0 saturated heterocycles. The topological polar surface area (TPSA) is 85.4 Å². The fraction of sp³-hybridized carbons (Fsp3) is 0.143. The highest BCUT2D eigenvalue weighted by atomic mass is 32.1. The predicted molar refractivity (Wildman–Crippen MR) is 76.7 cm³/mol. The summed E-state index contributed by atoms with van der Waals surface area (Å²) >= 11 is 1.21. The van der Waals surface area contributed by atoms with Crippen molar-refractivity contribution in [3.05, 3.63) is 33.7 Å². The minimum atomic E-state index is -0.957. The molecule has 2 aliphatic carbocycles. The van der Waals surface area contributed by atoms with Crippen LogP contribution in [0.25, 0.3) is 11.6 Å². The summed E-state index contributed by atoms with van der Waals surface area (Å²) in [6, 6.07) is 0. The molecule has 6 nitrogen and oxygen atoms in total. The Morgan fingerprint density at radius 3 is 3.00 bits per heavy atom. The molecule has 3 rings (SSSR count). The Labute approximate surface area is 123 Å². The van der Waals surface area contributed by atoms with Crippen LogP contribution >= 0.6 is 11.3 Å². The molecular formula is C14H10N2O4S. The van der Waals surface area contributed by atoms with Gasteiger partial charge in [-0.25, -0.2) is 9.78 Å². The monoisotopic (exact) mass is 302 g/mol. The van der Waals surface area contributed by atoms with Crippen molar-refractivity contribution < 1.29 is 19.1 Å². The maximum Gasteiger partial charge on any atom is 0.397 e. The molecule has 0 radical (unpaired) electrons. The molecular weight excluding hydrogens is 292 g/mol. The molecule has 7 heteroatoms. The number of ether oxygens (including phenoxy) is 1. The highest BCUT2D eigenvalue weighted by molar-refractivity contribution is 7.13. The molecule has 0 spiro atoms. The number of hydrogen-bond donors (Lipinski definition) is 1. The van der Waals surface area contributed by atoms with Crippen molar-refractivity contribution in [2.24, 2.45) is 0 Å². The number of hydrogen-bond acceptors (Lipinski definition) is 6. The van der Waals surface area contributed by atoms with E-state index in [1.807, 2.05) is 12.2 Å². The zero-order valence-corrected chi connectivity index (χ0v) is 11.8. The van der Waals surface area contributed by atoms with Crippen LogP contribution in [0.4, 0.5) is 5.13 Å². The van der Waals surface area contributed by atoms with Crippen molar-refractivity contribution in [1.29, 1.82) is 0 Å². The Bertz CT molecular complexity index is 845. The number of nitrogens with zero attached hydrogens (tertiary/aromatic N) is 1. The van der Waals surface area contributed by atoms with Crippen LogP contribution in [0.15, 0.2) is 23.8 Å². The number of aromatic nitrogens is 1. The Morgan fingerprint density at radius 1 is 1.43 bits per heavy atom. The van der Waals surface area contributed by atoms with Crippen molar-refractivity contribution in [1.82, 2.24) is 4.98 Å². The molecule has 0 bridgehead atoms. The van der Waals surface area contributed by atoms with Gasteiger partial charge < -0.3 is 4.74 Å². The highest BCUT2D eigenvalue weighted by Crippen LogP contribution is 2.21. The first-order valence-corrected chi connectivity index (χ1v) is 7.06. The van der Waals surface area contributed by atoms with Gasteiger partial charge in [-0.2, -0.15) is 0 Å². The van der Waals surface area contributed by atoms with Gasteiger partial charge in [0, 0.05) is 0 Å². The van der Waals surface area contributed by atoms with E-state index >= 15 is 0 Å². The number of allylic oxidation sites excluding steroid dienone is 4. The lowest BCUT2D eigenvalue weighted by Crippen LogP contribution is -2.26. The second-order valence-corrected chi connectivity index (χ2v) is 5.30. The van der Waals surface area contributed by atoms with Crippen LogP contribution in [0.1, 0.15) is 6.92 Å². The van der Waals surface area contributed by atoms with Gasteiger partial charge in [-0.1, -0.05) is 23.5 Å². The second kappa shape index (κ2) is 5.10. The van der Waals surface area contributed by atoms with Gasteiger partial charge in [0.25, 0.3) is 0 Å². The van der Waals surface area contributed by atoms with Crippen LogP contribution in [0.5, 0.6) is 0 Å². The summed E-state index contributed by atoms with van der Waals surface area (Å²) in [5.41, 5.74) is 1.35. The van der Waals surface area contributed by atoms with E-state index in [1.165, 1.54) is 17.4 Å². The van der Waals surface area contributed by atoms with E-state index in [9.17, 15) is 14.4 Å². The summed E-state index contributed by atoms with van der Waals surface area (Å²) < 4.78 is 5.38. The molecule has 0 atom stereocenters. The number of thiazole rings is 1. The average molecular weight is 302 g/mol. The molecule has 0 saturated carbocycles. The largest absolute Gasteiger partial charge is 0.459 e. The van der Waals surface area contributed by atoms with Crippen molar-refractivity contribution in [2.75, 3.05) is 11.9 Å². The van der Waals surface area contributed by atoms with Crippen LogP contribution in [0.3, 0.4) is 0 Å². The Morgan fingerprint density at radius 2 is 2.24 bits per heavy atom. The van der Waals surface area contributed by atoms with E-state index in [2.05, 4.69) is 15.0 Å². The minimum absolute atomic E-state index is 0.115. The van der Waals surface area contributed by atoms with Gasteiger partial charge >= 0.3 is 11.9 Å². The van der Waals surface area contributed by atoms with Gasteiger partial charge in [-0.05, 0) is 24.6 Å². The van der Waals surface area contributed by atoms with Gasteiger partial charge in [0.05, 0.1) is 22.1 Å². The maximum atomic E-state index is 11.9. The zero-order valence-electron chi connectivity index (χ0n) is 11.0. The van der Waals surface area contributed by atoms with Crippen molar-refractivity contribution >= 4 is 45.8 Å². The van der Waals surface area contributed by atoms with E-state index in [0.29, 0.717) is 10.9 Å². The molecule has 0 unspecified atom stereocenters. The quantitative estimate of drug-likeness (QED) is 0.596. The molecule has 0 fully saturated rings. The Balaban J connectivity index is 1.92. The van der Waals surface area contributed by atoms with E-state index in [-0.39, 0.29) is 17.5 Å². The number of fused-ring (bicyclic) bond motifs is 2. The van der Waals surface area contributed by atoms with Crippen LogP contribution in [0, 0.1) is 0 Å². The van der Waals surface area contributed by atoms with E-state index < -0.39 is 11.9 Å². The molecule has 21 heavy (non-hydrogen) atoms. The second-order valence-electron chi connectivity index (χ2n) is 4.27. The number of carbonyl (C=O) groups is 3. The number of nitrogens with one attached hydrogen (secondary N) is 1. The summed E-state index contributed by atoms with van der Waals surface area (Å²) in [6.07, 6.45) is 6.83. The lowest BCUT2D eigenvalue weighted by Gasteiger charge is -2.03. The first kappa shape index (κ1) is 13.4. The summed E-state index contributed by atoms with van der Waals surface area (Å²) in [6.45, 7) is 1.74. The molecule has 1 aromatic rings. The molecule has 1 aromatic heterocycles. The summed E-state index contributed by atoms with van der Waals surface area (Å²) in [5.74, 6) is -1.95. The summed E-state index contributed by atoms with van der Waals surface area (Å²) in [5, 5.41) is 3.19. The molecule has 0 aliphatic heterocycles. The van der Waals surface area contributed by atoms with Gasteiger partial charge in [0.2, 0.25) is 0 Å². The van der Waals surface area contributed by atoms with Gasteiger partial charge in [0.15, 0.2) is 10.9 Å². The fourth-order valence-electron chi connectivity index (χ4n) is 2.07. The number of rotatable bonds is 2. The average Bonchev–Trinajstić information content (AvgIpc) is 2.95. The molecule has 1 N–H and O–H groups in total. The third kappa shape index (κ3) is 2.31. The van der Waals surface area contributed by atoms with Crippen LogP contribution in [-0.2, 0) is 19.1 Å². The lowest BCUT2D eigenvalue weighted by atomic mass is 10.00. The maximum absolute atomic E-state index is 11.9. The number of anilines is 1. The van der Waals surface area contributed by atoms with E-state index in [1.54, 1.807) is 13.0 Å². The van der Waals surface area contributed by atoms with Crippen molar-refractivity contribution in [3.8, 4) is 0 Å². The van der Waals surface area contributed by atoms with E-state index in [0.717, 1.165) is 10.1 Å². The SMILES string of the molecule is CCOC(=O)C(=O)Nc1nc2c(s1)=CC1=CC=CC(=O)C=21. The summed E-state index contributed by atoms with van der Waals surface area (Å²) in [7, 11) is 0. The van der Waals surface area contributed by atoms with Gasteiger partial charge in [0.1, 0.15) is 0 Å². The number of amides is 1. The number of esters is 1. The number of ketones is 1. The van der Waals surface area contributed by atoms with Gasteiger partial charge in [-0.15, -0.1) is 0 Å². The summed E-state index contributed by atoms with van der Waals surface area (Å²) in [4.78, 5) is 38.9. The normalized spacial score (nSPS) is 15.0. The Hall–Kier alpha value is -2.54.